The maximum absolute atomic E-state index is 13.0. The Kier molecular flexibility index (Phi) is 6.38. The first-order valence-corrected chi connectivity index (χ1v) is 12.4. The Labute approximate surface area is 213 Å². The molecule has 0 aliphatic carbocycles. The van der Waals surface area contributed by atoms with E-state index in [1.54, 1.807) is 24.3 Å². The normalized spacial score (nSPS) is 13.1. The van der Waals surface area contributed by atoms with E-state index >= 15 is 0 Å². The van der Waals surface area contributed by atoms with Crippen LogP contribution in [-0.2, 0) is 16.1 Å². The third-order valence-electron chi connectivity index (χ3n) is 6.85. The minimum Gasteiger partial charge on any atom is -0.461 e. The van der Waals surface area contributed by atoms with Gasteiger partial charge in [-0.1, -0.05) is 38.1 Å². The molecule has 3 aromatic carbocycles. The van der Waals surface area contributed by atoms with E-state index in [0.717, 1.165) is 21.9 Å². The number of rotatable bonds is 7. The summed E-state index contributed by atoms with van der Waals surface area (Å²) in [5.74, 6) is -0.911. The fourth-order valence-electron chi connectivity index (χ4n) is 5.03. The number of imide groups is 1. The first-order valence-electron chi connectivity index (χ1n) is 12.4. The van der Waals surface area contributed by atoms with Crippen molar-refractivity contribution in [1.82, 2.24) is 4.90 Å². The Hall–Kier alpha value is -4.26. The van der Waals surface area contributed by atoms with Crippen LogP contribution in [0.1, 0.15) is 70.0 Å². The molecule has 1 aliphatic rings. The Morgan fingerprint density at radius 3 is 2.30 bits per heavy atom. The zero-order valence-corrected chi connectivity index (χ0v) is 21.0. The molecule has 0 saturated carbocycles. The Bertz CT molecular complexity index is 1580. The molecule has 2 heterocycles. The van der Waals surface area contributed by atoms with Gasteiger partial charge in [-0.05, 0) is 60.0 Å². The summed E-state index contributed by atoms with van der Waals surface area (Å²) < 4.78 is 10.8. The average molecular weight is 498 g/mol. The van der Waals surface area contributed by atoms with E-state index in [2.05, 4.69) is 13.8 Å². The first-order chi connectivity index (χ1) is 17.7. The number of esters is 1. The number of benzene rings is 3. The SMILES string of the molecule is Cc1cc2oc(=O)cc(COC(=O)CCCN3C(=O)c4cccc5cccc(c45)C3=O)c2cc1C(C)C. The Morgan fingerprint density at radius 1 is 0.973 bits per heavy atom. The fraction of sp³-hybridized carbons (Fsp3) is 0.267. The van der Waals surface area contributed by atoms with E-state index in [0.29, 0.717) is 27.7 Å². The van der Waals surface area contributed by atoms with E-state index < -0.39 is 11.6 Å². The molecule has 1 aromatic heterocycles. The highest BCUT2D eigenvalue weighted by Crippen LogP contribution is 2.30. The molecule has 7 nitrogen and oxygen atoms in total. The molecule has 0 atom stereocenters. The number of fused-ring (bicyclic) bond motifs is 1. The van der Waals surface area contributed by atoms with Crippen molar-refractivity contribution in [1.29, 1.82) is 0 Å². The predicted octanol–water partition coefficient (Wildman–Crippen LogP) is 5.50. The second-order valence-corrected chi connectivity index (χ2v) is 9.69. The van der Waals surface area contributed by atoms with Gasteiger partial charge in [0.2, 0.25) is 0 Å². The monoisotopic (exact) mass is 497 g/mol. The number of ether oxygens (including phenoxy) is 1. The Balaban J connectivity index is 1.25. The number of carbonyl (C=O) groups is 3. The second-order valence-electron chi connectivity index (χ2n) is 9.69. The van der Waals surface area contributed by atoms with Crippen molar-refractivity contribution in [3.63, 3.8) is 0 Å². The van der Waals surface area contributed by atoms with Gasteiger partial charge in [0, 0.05) is 46.5 Å². The number of hydrogen-bond acceptors (Lipinski definition) is 6. The highest BCUT2D eigenvalue weighted by Gasteiger charge is 2.32. The van der Waals surface area contributed by atoms with Crippen LogP contribution in [0.2, 0.25) is 0 Å². The summed E-state index contributed by atoms with van der Waals surface area (Å²) in [6.07, 6.45) is 0.293. The molecular formula is C30H27NO6. The summed E-state index contributed by atoms with van der Waals surface area (Å²) in [6.45, 7) is 6.18. The third-order valence-corrected chi connectivity index (χ3v) is 6.85. The molecule has 0 radical (unpaired) electrons. The summed E-state index contributed by atoms with van der Waals surface area (Å²) in [6, 6.07) is 15.9. The van der Waals surface area contributed by atoms with Crippen LogP contribution in [0.5, 0.6) is 0 Å². The van der Waals surface area contributed by atoms with Gasteiger partial charge in [-0.2, -0.15) is 0 Å². The molecule has 0 N–H and O–H groups in total. The van der Waals surface area contributed by atoms with Gasteiger partial charge in [-0.25, -0.2) is 4.79 Å². The van der Waals surface area contributed by atoms with Gasteiger partial charge in [-0.15, -0.1) is 0 Å². The first kappa shape index (κ1) is 24.4. The van der Waals surface area contributed by atoms with Crippen molar-refractivity contribution in [3.8, 4) is 0 Å². The largest absolute Gasteiger partial charge is 0.461 e. The summed E-state index contributed by atoms with van der Waals surface area (Å²) in [7, 11) is 0. The number of amides is 2. The molecule has 5 rings (SSSR count). The molecule has 1 aliphatic heterocycles. The van der Waals surface area contributed by atoms with Gasteiger partial charge in [0.1, 0.15) is 12.2 Å². The minimum atomic E-state index is -0.507. The summed E-state index contributed by atoms with van der Waals surface area (Å²) >= 11 is 0. The molecule has 0 saturated heterocycles. The number of nitrogens with zero attached hydrogens (tertiary/aromatic N) is 1. The van der Waals surface area contributed by atoms with Gasteiger partial charge < -0.3 is 9.15 Å². The highest BCUT2D eigenvalue weighted by atomic mass is 16.5. The third kappa shape index (κ3) is 4.53. The van der Waals surface area contributed by atoms with Crippen molar-refractivity contribution in [2.24, 2.45) is 0 Å². The van der Waals surface area contributed by atoms with Gasteiger partial charge in [-0.3, -0.25) is 19.3 Å². The smallest absolute Gasteiger partial charge is 0.336 e. The van der Waals surface area contributed by atoms with Gasteiger partial charge in [0.15, 0.2) is 0 Å². The molecule has 0 bridgehead atoms. The van der Waals surface area contributed by atoms with Gasteiger partial charge in [0.25, 0.3) is 11.8 Å². The van der Waals surface area contributed by atoms with Crippen LogP contribution < -0.4 is 5.63 Å². The van der Waals surface area contributed by atoms with Gasteiger partial charge in [0.05, 0.1) is 0 Å². The van der Waals surface area contributed by atoms with Crippen molar-refractivity contribution in [2.75, 3.05) is 6.54 Å². The van der Waals surface area contributed by atoms with Crippen molar-refractivity contribution < 1.29 is 23.5 Å². The zero-order chi connectivity index (χ0) is 26.3. The van der Waals surface area contributed by atoms with Crippen molar-refractivity contribution in [3.05, 3.63) is 92.8 Å². The molecule has 0 unspecified atom stereocenters. The molecular weight excluding hydrogens is 470 g/mol. The van der Waals surface area contributed by atoms with Crippen LogP contribution in [0, 0.1) is 6.92 Å². The predicted molar refractivity (Wildman–Crippen MR) is 140 cm³/mol. The molecule has 0 spiro atoms. The molecule has 188 valence electrons. The minimum absolute atomic E-state index is 0.0264. The quantitative estimate of drug-likeness (QED) is 0.190. The summed E-state index contributed by atoms with van der Waals surface area (Å²) in [4.78, 5) is 51.8. The average Bonchev–Trinajstić information content (AvgIpc) is 2.87. The fourth-order valence-corrected chi connectivity index (χ4v) is 5.03. The zero-order valence-electron chi connectivity index (χ0n) is 21.0. The lowest BCUT2D eigenvalue weighted by molar-refractivity contribution is -0.145. The van der Waals surface area contributed by atoms with Crippen molar-refractivity contribution >= 4 is 39.5 Å². The van der Waals surface area contributed by atoms with E-state index in [-0.39, 0.29) is 43.7 Å². The van der Waals surface area contributed by atoms with Crippen LogP contribution in [0.15, 0.2) is 63.8 Å². The maximum atomic E-state index is 13.0. The van der Waals surface area contributed by atoms with Crippen LogP contribution in [-0.4, -0.2) is 29.2 Å². The maximum Gasteiger partial charge on any atom is 0.336 e. The molecule has 2 amide bonds. The van der Waals surface area contributed by atoms with Crippen molar-refractivity contribution in [2.45, 2.75) is 46.1 Å². The number of aryl methyl sites for hydroxylation is 1. The van der Waals surface area contributed by atoms with E-state index in [1.165, 1.54) is 11.0 Å². The van der Waals surface area contributed by atoms with E-state index in [4.69, 9.17) is 9.15 Å². The lowest BCUT2D eigenvalue weighted by atomic mass is 9.94. The van der Waals surface area contributed by atoms with Crippen LogP contribution in [0.25, 0.3) is 21.7 Å². The van der Waals surface area contributed by atoms with Crippen LogP contribution in [0.4, 0.5) is 0 Å². The van der Waals surface area contributed by atoms with E-state index in [9.17, 15) is 19.2 Å². The summed E-state index contributed by atoms with van der Waals surface area (Å²) in [5.41, 5.74) is 3.66. The molecule has 37 heavy (non-hydrogen) atoms. The number of hydrogen-bond donors (Lipinski definition) is 0. The summed E-state index contributed by atoms with van der Waals surface area (Å²) in [5, 5.41) is 2.25. The lowest BCUT2D eigenvalue weighted by Gasteiger charge is -2.27. The molecule has 4 aromatic rings. The molecule has 7 heteroatoms. The van der Waals surface area contributed by atoms with Crippen LogP contribution >= 0.6 is 0 Å². The topological polar surface area (TPSA) is 93.9 Å². The van der Waals surface area contributed by atoms with E-state index in [1.807, 2.05) is 31.2 Å². The molecule has 0 fully saturated rings. The number of carbonyl (C=O) groups excluding carboxylic acids is 3. The van der Waals surface area contributed by atoms with Gasteiger partial charge >= 0.3 is 11.6 Å². The highest BCUT2D eigenvalue weighted by molar-refractivity contribution is 6.25. The Morgan fingerprint density at radius 2 is 1.65 bits per heavy atom. The second kappa shape index (κ2) is 9.65. The standard InChI is InChI=1S/C30H27NO6/c1-17(2)23-15-24-20(14-27(33)37-25(24)13-18(23)3)16-36-26(32)11-6-12-31-29(34)21-9-4-7-19-8-5-10-22(28(19)21)30(31)35/h4-5,7-10,13-15,17H,6,11-12,16H2,1-3H3. The lowest BCUT2D eigenvalue weighted by Crippen LogP contribution is -2.41. The van der Waals surface area contributed by atoms with Crippen LogP contribution in [0.3, 0.4) is 0 Å².